The molecule has 0 heterocycles. The summed E-state index contributed by atoms with van der Waals surface area (Å²) >= 11 is 0. The van der Waals surface area contributed by atoms with Gasteiger partial charge in [0.1, 0.15) is 11.5 Å². The Morgan fingerprint density at radius 3 is 2.71 bits per heavy atom. The maximum absolute atomic E-state index is 13.4. The van der Waals surface area contributed by atoms with Gasteiger partial charge in [-0.25, -0.2) is 8.78 Å². The monoisotopic (exact) mass is 246 g/mol. The molecular weight excluding hydrogens is 234 g/mol. The molecular formula is C10H12F2N2O3. The van der Waals surface area contributed by atoms with Gasteiger partial charge < -0.3 is 10.1 Å². The summed E-state index contributed by atoms with van der Waals surface area (Å²) in [5.74, 6) is -1.99. The Kier molecular flexibility index (Phi) is 4.33. The van der Waals surface area contributed by atoms with Crippen LogP contribution in [0.4, 0.5) is 20.2 Å². The Balaban J connectivity index is 3.08. The number of nitro benzene ring substituents is 1. The van der Waals surface area contributed by atoms with Gasteiger partial charge in [-0.05, 0) is 6.92 Å². The lowest BCUT2D eigenvalue weighted by Gasteiger charge is -2.14. The van der Waals surface area contributed by atoms with Crippen molar-refractivity contribution in [1.29, 1.82) is 0 Å². The number of ether oxygens (including phenoxy) is 1. The molecule has 0 aliphatic rings. The largest absolute Gasteiger partial charge is 0.383 e. The fourth-order valence-electron chi connectivity index (χ4n) is 1.38. The lowest BCUT2D eigenvalue weighted by molar-refractivity contribution is -0.384. The highest BCUT2D eigenvalue weighted by Gasteiger charge is 2.21. The molecule has 1 aromatic carbocycles. The molecule has 1 unspecified atom stereocenters. The minimum Gasteiger partial charge on any atom is -0.383 e. The van der Waals surface area contributed by atoms with Crippen LogP contribution < -0.4 is 5.32 Å². The van der Waals surface area contributed by atoms with E-state index in [0.717, 1.165) is 0 Å². The highest BCUT2D eigenvalue weighted by molar-refractivity contribution is 5.62. The van der Waals surface area contributed by atoms with Gasteiger partial charge in [0.05, 0.1) is 17.6 Å². The summed E-state index contributed by atoms with van der Waals surface area (Å²) in [6.07, 6.45) is 0. The average Bonchev–Trinajstić information content (AvgIpc) is 2.21. The number of hydrogen-bond acceptors (Lipinski definition) is 4. The van der Waals surface area contributed by atoms with Crippen LogP contribution in [0.2, 0.25) is 0 Å². The fraction of sp³-hybridized carbons (Fsp3) is 0.400. The Morgan fingerprint density at radius 1 is 1.53 bits per heavy atom. The number of nitrogens with one attached hydrogen (secondary N) is 1. The summed E-state index contributed by atoms with van der Waals surface area (Å²) in [6, 6.07) is 0.929. The number of nitrogens with zero attached hydrogens (tertiary/aromatic N) is 1. The van der Waals surface area contributed by atoms with E-state index < -0.39 is 22.2 Å². The van der Waals surface area contributed by atoms with E-state index in [1.165, 1.54) is 7.11 Å². The maximum Gasteiger partial charge on any atom is 0.298 e. The SMILES string of the molecule is COCC(C)Nc1c(F)cc(F)cc1[N+](=O)[O-]. The molecule has 94 valence electrons. The molecule has 0 amide bonds. The van der Waals surface area contributed by atoms with Crippen molar-refractivity contribution in [2.24, 2.45) is 0 Å². The highest BCUT2D eigenvalue weighted by Crippen LogP contribution is 2.29. The Hall–Kier alpha value is -1.76. The molecule has 1 N–H and O–H groups in total. The smallest absolute Gasteiger partial charge is 0.298 e. The molecule has 0 saturated heterocycles. The Bertz CT molecular complexity index is 426. The second kappa shape index (κ2) is 5.53. The number of nitro groups is 1. The lowest BCUT2D eigenvalue weighted by Crippen LogP contribution is -2.22. The molecule has 5 nitrogen and oxygen atoms in total. The lowest BCUT2D eigenvalue weighted by atomic mass is 10.2. The minimum absolute atomic E-state index is 0.244. The van der Waals surface area contributed by atoms with Gasteiger partial charge >= 0.3 is 0 Å². The number of anilines is 1. The predicted octanol–water partition coefficient (Wildman–Crippen LogP) is 2.32. The zero-order valence-corrected chi connectivity index (χ0v) is 9.37. The average molecular weight is 246 g/mol. The van der Waals surface area contributed by atoms with Gasteiger partial charge in [-0.2, -0.15) is 0 Å². The molecule has 0 spiro atoms. The van der Waals surface area contributed by atoms with Crippen molar-refractivity contribution < 1.29 is 18.4 Å². The molecule has 0 radical (unpaired) electrons. The molecule has 0 saturated carbocycles. The molecule has 1 aromatic rings. The van der Waals surface area contributed by atoms with Gasteiger partial charge in [-0.15, -0.1) is 0 Å². The predicted molar refractivity (Wildman–Crippen MR) is 58.0 cm³/mol. The van der Waals surface area contributed by atoms with Crippen molar-refractivity contribution >= 4 is 11.4 Å². The van der Waals surface area contributed by atoms with E-state index in [2.05, 4.69) is 5.32 Å². The molecule has 7 heteroatoms. The minimum atomic E-state index is -1.00. The number of rotatable bonds is 5. The van der Waals surface area contributed by atoms with Crippen molar-refractivity contribution in [1.82, 2.24) is 0 Å². The van der Waals surface area contributed by atoms with Crippen molar-refractivity contribution in [2.75, 3.05) is 19.0 Å². The topological polar surface area (TPSA) is 64.4 Å². The second-order valence-electron chi connectivity index (χ2n) is 3.54. The molecule has 17 heavy (non-hydrogen) atoms. The van der Waals surface area contributed by atoms with E-state index >= 15 is 0 Å². The quantitative estimate of drug-likeness (QED) is 0.639. The van der Waals surface area contributed by atoms with Crippen molar-refractivity contribution in [3.05, 3.63) is 33.9 Å². The van der Waals surface area contributed by atoms with E-state index in [-0.39, 0.29) is 18.3 Å². The van der Waals surface area contributed by atoms with Gasteiger partial charge in [0.2, 0.25) is 0 Å². The van der Waals surface area contributed by atoms with Gasteiger partial charge in [0.25, 0.3) is 5.69 Å². The summed E-state index contributed by atoms with van der Waals surface area (Å²) in [7, 11) is 1.45. The van der Waals surface area contributed by atoms with Gasteiger partial charge in [0, 0.05) is 19.2 Å². The van der Waals surface area contributed by atoms with Gasteiger partial charge in [-0.1, -0.05) is 0 Å². The summed E-state index contributed by atoms with van der Waals surface area (Å²) < 4.78 is 31.1. The molecule has 0 aliphatic heterocycles. The standard InChI is InChI=1S/C10H12F2N2O3/c1-6(5-17-2)13-10-8(12)3-7(11)4-9(10)14(15)16/h3-4,6,13H,5H2,1-2H3. The third kappa shape index (κ3) is 3.35. The molecule has 0 bridgehead atoms. The van der Waals surface area contributed by atoms with Crippen LogP contribution in [0.25, 0.3) is 0 Å². The van der Waals surface area contributed by atoms with E-state index in [4.69, 9.17) is 4.74 Å². The van der Waals surface area contributed by atoms with Crippen LogP contribution in [0.3, 0.4) is 0 Å². The van der Waals surface area contributed by atoms with Crippen LogP contribution in [0, 0.1) is 21.7 Å². The van der Waals surface area contributed by atoms with Crippen LogP contribution in [-0.2, 0) is 4.74 Å². The van der Waals surface area contributed by atoms with Crippen LogP contribution in [0.1, 0.15) is 6.92 Å². The molecule has 0 aliphatic carbocycles. The van der Waals surface area contributed by atoms with Crippen LogP contribution in [0.5, 0.6) is 0 Å². The Labute approximate surface area is 96.5 Å². The van der Waals surface area contributed by atoms with E-state index in [9.17, 15) is 18.9 Å². The van der Waals surface area contributed by atoms with E-state index in [1.54, 1.807) is 6.92 Å². The zero-order valence-electron chi connectivity index (χ0n) is 9.37. The number of methoxy groups -OCH3 is 1. The first-order valence-corrected chi connectivity index (χ1v) is 4.84. The molecule has 1 atom stereocenters. The first kappa shape index (κ1) is 13.3. The summed E-state index contributed by atoms with van der Waals surface area (Å²) in [4.78, 5) is 9.83. The zero-order chi connectivity index (χ0) is 13.0. The van der Waals surface area contributed by atoms with Crippen molar-refractivity contribution in [3.8, 4) is 0 Å². The maximum atomic E-state index is 13.4. The van der Waals surface area contributed by atoms with Gasteiger partial charge in [0.15, 0.2) is 5.82 Å². The highest BCUT2D eigenvalue weighted by atomic mass is 19.1. The number of hydrogen-bond donors (Lipinski definition) is 1. The van der Waals surface area contributed by atoms with Crippen LogP contribution >= 0.6 is 0 Å². The normalized spacial score (nSPS) is 12.2. The van der Waals surface area contributed by atoms with E-state index in [1.807, 2.05) is 0 Å². The number of halogens is 2. The fourth-order valence-corrected chi connectivity index (χ4v) is 1.38. The number of benzene rings is 1. The second-order valence-corrected chi connectivity index (χ2v) is 3.54. The van der Waals surface area contributed by atoms with Crippen molar-refractivity contribution in [3.63, 3.8) is 0 Å². The van der Waals surface area contributed by atoms with E-state index in [0.29, 0.717) is 12.1 Å². The van der Waals surface area contributed by atoms with Crippen molar-refractivity contribution in [2.45, 2.75) is 13.0 Å². The summed E-state index contributed by atoms with van der Waals surface area (Å²) in [5, 5.41) is 13.2. The summed E-state index contributed by atoms with van der Waals surface area (Å²) in [6.45, 7) is 1.91. The first-order valence-electron chi connectivity index (χ1n) is 4.84. The van der Waals surface area contributed by atoms with Gasteiger partial charge in [-0.3, -0.25) is 10.1 Å². The Morgan fingerprint density at radius 2 is 2.18 bits per heavy atom. The molecule has 0 fully saturated rings. The first-order chi connectivity index (χ1) is 7.95. The van der Waals surface area contributed by atoms with Crippen LogP contribution in [0.15, 0.2) is 12.1 Å². The summed E-state index contributed by atoms with van der Waals surface area (Å²) in [5.41, 5.74) is -0.966. The third-order valence-electron chi connectivity index (χ3n) is 2.04. The molecule has 0 aromatic heterocycles. The van der Waals surface area contributed by atoms with Crippen LogP contribution in [-0.4, -0.2) is 24.7 Å². The third-order valence-corrected chi connectivity index (χ3v) is 2.04. The molecule has 1 rings (SSSR count).